The molecule has 1 aliphatic rings. The summed E-state index contributed by atoms with van der Waals surface area (Å²) in [5.41, 5.74) is 2.26. The van der Waals surface area contributed by atoms with Crippen LogP contribution in [-0.2, 0) is 13.0 Å². The summed E-state index contributed by atoms with van der Waals surface area (Å²) in [4.78, 5) is 17.0. The average Bonchev–Trinajstić information content (AvgIpc) is 3.01. The van der Waals surface area contributed by atoms with Gasteiger partial charge in [-0.15, -0.1) is 22.7 Å². The molecule has 96 valence electrons. The van der Waals surface area contributed by atoms with Gasteiger partial charge in [-0.1, -0.05) is 0 Å². The minimum atomic E-state index is 0.891. The van der Waals surface area contributed by atoms with Gasteiger partial charge in [-0.05, 0) is 27.4 Å². The van der Waals surface area contributed by atoms with E-state index in [0.29, 0.717) is 0 Å². The zero-order valence-electron chi connectivity index (χ0n) is 9.84. The molecule has 0 bridgehead atoms. The third-order valence-corrected chi connectivity index (χ3v) is 5.66. The summed E-state index contributed by atoms with van der Waals surface area (Å²) in [7, 11) is 0. The van der Waals surface area contributed by atoms with Gasteiger partial charge in [0.05, 0.1) is 22.5 Å². The van der Waals surface area contributed by atoms with Gasteiger partial charge in [-0.2, -0.15) is 0 Å². The fraction of sp³-hybridized carbons (Fsp3) is 0.250. The predicted octanol–water partition coefficient (Wildman–Crippen LogP) is 3.47. The maximum atomic E-state index is 4.51. The first-order chi connectivity index (χ1) is 9.31. The van der Waals surface area contributed by atoms with E-state index in [4.69, 9.17) is 0 Å². The van der Waals surface area contributed by atoms with Crippen LogP contribution in [0.5, 0.6) is 0 Å². The van der Waals surface area contributed by atoms with Gasteiger partial charge in [-0.25, -0.2) is 15.0 Å². The lowest BCUT2D eigenvalue weighted by Crippen LogP contribution is -2.30. The molecule has 4 nitrogen and oxygen atoms in total. The molecule has 7 heteroatoms. The summed E-state index contributed by atoms with van der Waals surface area (Å²) in [6.45, 7) is 1.86. The van der Waals surface area contributed by atoms with E-state index in [9.17, 15) is 0 Å². The smallest absolute Gasteiger partial charge is 0.159 e. The number of halogens is 1. The number of thiazole rings is 1. The van der Waals surface area contributed by atoms with Crippen LogP contribution in [0.4, 0.5) is 5.82 Å². The molecule has 4 rings (SSSR count). The molecule has 0 aromatic carbocycles. The Bertz CT molecular complexity index is 751. The molecule has 0 atom stereocenters. The first kappa shape index (κ1) is 11.7. The van der Waals surface area contributed by atoms with E-state index in [1.165, 1.54) is 15.3 Å². The molecule has 0 N–H and O–H groups in total. The lowest BCUT2D eigenvalue weighted by molar-refractivity contribution is 0.720. The first-order valence-corrected chi connectivity index (χ1v) is 8.37. The van der Waals surface area contributed by atoms with Crippen LogP contribution in [0.1, 0.15) is 10.6 Å². The molecule has 0 saturated carbocycles. The number of hydrogen-bond acceptors (Lipinski definition) is 6. The van der Waals surface area contributed by atoms with Gasteiger partial charge in [0.1, 0.15) is 12.1 Å². The molecule has 0 unspecified atom stereocenters. The summed E-state index contributed by atoms with van der Waals surface area (Å²) >= 11 is 6.89. The molecule has 3 aromatic heterocycles. The predicted molar refractivity (Wildman–Crippen MR) is 82.0 cm³/mol. The number of nitrogens with zero attached hydrogens (tertiary/aromatic N) is 4. The van der Waals surface area contributed by atoms with E-state index >= 15 is 0 Å². The fourth-order valence-corrected chi connectivity index (χ4v) is 4.85. The molecule has 3 aromatic rings. The highest BCUT2D eigenvalue weighted by Crippen LogP contribution is 2.33. The van der Waals surface area contributed by atoms with Crippen LogP contribution in [0.25, 0.3) is 10.2 Å². The van der Waals surface area contributed by atoms with Gasteiger partial charge >= 0.3 is 0 Å². The summed E-state index contributed by atoms with van der Waals surface area (Å²) < 4.78 is 2.15. The van der Waals surface area contributed by atoms with Gasteiger partial charge in [-0.3, -0.25) is 0 Å². The maximum absolute atomic E-state index is 4.51. The number of fused-ring (bicyclic) bond motifs is 2. The standard InChI is InChI=1S/C12H9BrN4S2/c13-12-16-7-1-3-17(5-9(7)19-12)11-10-8(2-4-18-10)14-6-15-11/h2,4,6H,1,3,5H2. The molecule has 0 spiro atoms. The third kappa shape index (κ3) is 1.96. The van der Waals surface area contributed by atoms with Crippen molar-refractivity contribution in [3.8, 4) is 0 Å². The summed E-state index contributed by atoms with van der Waals surface area (Å²) in [6, 6.07) is 2.05. The van der Waals surface area contributed by atoms with Crippen LogP contribution >= 0.6 is 38.6 Å². The van der Waals surface area contributed by atoms with Crippen LogP contribution in [0.15, 0.2) is 21.7 Å². The average molecular weight is 353 g/mol. The molecule has 0 aliphatic carbocycles. The quantitative estimate of drug-likeness (QED) is 0.672. The lowest BCUT2D eigenvalue weighted by atomic mass is 10.2. The van der Waals surface area contributed by atoms with Gasteiger partial charge in [0, 0.05) is 17.8 Å². The van der Waals surface area contributed by atoms with Crippen molar-refractivity contribution in [1.29, 1.82) is 0 Å². The molecular weight excluding hydrogens is 344 g/mol. The zero-order valence-corrected chi connectivity index (χ0v) is 13.1. The number of anilines is 1. The zero-order chi connectivity index (χ0) is 12.8. The minimum Gasteiger partial charge on any atom is -0.350 e. The number of hydrogen-bond donors (Lipinski definition) is 0. The molecule has 0 radical (unpaired) electrons. The molecular formula is C12H9BrN4S2. The Hall–Kier alpha value is -1.05. The van der Waals surface area contributed by atoms with Gasteiger partial charge in [0.2, 0.25) is 0 Å². The summed E-state index contributed by atoms with van der Waals surface area (Å²) in [5.74, 6) is 1.05. The summed E-state index contributed by atoms with van der Waals surface area (Å²) in [5, 5.41) is 2.07. The number of aromatic nitrogens is 3. The van der Waals surface area contributed by atoms with Crippen LogP contribution in [-0.4, -0.2) is 21.5 Å². The Balaban J connectivity index is 1.76. The monoisotopic (exact) mass is 352 g/mol. The number of rotatable bonds is 1. The minimum absolute atomic E-state index is 0.891. The van der Waals surface area contributed by atoms with Crippen LogP contribution in [0, 0.1) is 0 Å². The summed E-state index contributed by atoms with van der Waals surface area (Å²) in [6.07, 6.45) is 2.64. The SMILES string of the molecule is Brc1nc2c(s1)CN(c1ncnc3ccsc13)CC2. The van der Waals surface area contributed by atoms with Gasteiger partial charge in [0.15, 0.2) is 3.92 Å². The Labute approximate surface area is 126 Å². The van der Waals surface area contributed by atoms with Gasteiger partial charge < -0.3 is 4.90 Å². The third-order valence-electron chi connectivity index (χ3n) is 3.23. The van der Waals surface area contributed by atoms with Crippen molar-refractivity contribution in [3.05, 3.63) is 32.3 Å². The molecule has 4 heterocycles. The highest BCUT2D eigenvalue weighted by molar-refractivity contribution is 9.11. The van der Waals surface area contributed by atoms with Crippen molar-refractivity contribution in [1.82, 2.24) is 15.0 Å². The largest absolute Gasteiger partial charge is 0.350 e. The molecule has 0 amide bonds. The van der Waals surface area contributed by atoms with Crippen molar-refractivity contribution in [3.63, 3.8) is 0 Å². The highest BCUT2D eigenvalue weighted by Gasteiger charge is 2.22. The van der Waals surface area contributed by atoms with Crippen LogP contribution in [0.3, 0.4) is 0 Å². The maximum Gasteiger partial charge on any atom is 0.159 e. The normalized spacial score (nSPS) is 14.9. The highest BCUT2D eigenvalue weighted by atomic mass is 79.9. The van der Waals surface area contributed by atoms with Crippen molar-refractivity contribution in [2.45, 2.75) is 13.0 Å². The Morgan fingerprint density at radius 3 is 3.21 bits per heavy atom. The van der Waals surface area contributed by atoms with Crippen LogP contribution < -0.4 is 4.90 Å². The van der Waals surface area contributed by atoms with Gasteiger partial charge in [0.25, 0.3) is 0 Å². The van der Waals surface area contributed by atoms with E-state index in [0.717, 1.165) is 34.8 Å². The van der Waals surface area contributed by atoms with Crippen LogP contribution in [0.2, 0.25) is 0 Å². The second kappa shape index (κ2) is 4.50. The van der Waals surface area contributed by atoms with E-state index < -0.39 is 0 Å². The van der Waals surface area contributed by atoms with Crippen molar-refractivity contribution in [2.75, 3.05) is 11.4 Å². The Kier molecular flexibility index (Phi) is 2.78. The molecule has 1 aliphatic heterocycles. The van der Waals surface area contributed by atoms with E-state index in [2.05, 4.69) is 41.2 Å². The van der Waals surface area contributed by atoms with E-state index in [1.54, 1.807) is 29.0 Å². The topological polar surface area (TPSA) is 41.9 Å². The Morgan fingerprint density at radius 1 is 1.32 bits per heavy atom. The molecule has 19 heavy (non-hydrogen) atoms. The van der Waals surface area contributed by atoms with E-state index in [-0.39, 0.29) is 0 Å². The fourth-order valence-electron chi connectivity index (χ4n) is 2.35. The first-order valence-electron chi connectivity index (χ1n) is 5.88. The second-order valence-electron chi connectivity index (χ2n) is 4.34. The lowest BCUT2D eigenvalue weighted by Gasteiger charge is -2.27. The Morgan fingerprint density at radius 2 is 2.26 bits per heavy atom. The van der Waals surface area contributed by atoms with E-state index in [1.807, 2.05) is 6.07 Å². The molecule has 0 fully saturated rings. The second-order valence-corrected chi connectivity index (χ2v) is 7.62. The molecule has 0 saturated heterocycles. The van der Waals surface area contributed by atoms with Crippen molar-refractivity contribution >= 4 is 54.6 Å². The number of thiophene rings is 1. The van der Waals surface area contributed by atoms with Crippen molar-refractivity contribution < 1.29 is 0 Å². The van der Waals surface area contributed by atoms with Crippen molar-refractivity contribution in [2.24, 2.45) is 0 Å².